The first-order chi connectivity index (χ1) is 9.74. The van der Waals surface area contributed by atoms with Gasteiger partial charge in [-0.15, -0.1) is 0 Å². The number of nitrogens with one attached hydrogen (secondary N) is 1. The van der Waals surface area contributed by atoms with E-state index in [1.54, 1.807) is 18.3 Å². The number of halogens is 1. The minimum absolute atomic E-state index is 0.653. The van der Waals surface area contributed by atoms with Crippen molar-refractivity contribution in [2.75, 3.05) is 0 Å². The van der Waals surface area contributed by atoms with Gasteiger partial charge in [-0.3, -0.25) is 0 Å². The average molecular weight is 325 g/mol. The Morgan fingerprint density at radius 2 is 2.00 bits per heavy atom. The van der Waals surface area contributed by atoms with Crippen molar-refractivity contribution in [2.24, 2.45) is 0 Å². The van der Waals surface area contributed by atoms with Gasteiger partial charge in [0.25, 0.3) is 0 Å². The van der Waals surface area contributed by atoms with Crippen molar-refractivity contribution in [2.45, 2.75) is 0 Å². The molecule has 0 unspecified atom stereocenters. The number of imidazole rings is 1. The van der Waals surface area contributed by atoms with Gasteiger partial charge < -0.3 is 4.98 Å². The van der Waals surface area contributed by atoms with Gasteiger partial charge in [0.2, 0.25) is 0 Å². The van der Waals surface area contributed by atoms with Crippen LogP contribution in [0, 0.1) is 11.3 Å². The minimum Gasteiger partial charge on any atom is -0.337 e. The normalized spacial score (nSPS) is 11.0. The molecule has 1 aromatic carbocycles. The second-order valence-corrected chi connectivity index (χ2v) is 5.13. The Labute approximate surface area is 123 Å². The van der Waals surface area contributed by atoms with Crippen molar-refractivity contribution in [1.82, 2.24) is 15.0 Å². The molecule has 0 aliphatic heterocycles. The zero-order valence-corrected chi connectivity index (χ0v) is 11.9. The summed E-state index contributed by atoms with van der Waals surface area (Å²) >= 11 is 3.38. The Morgan fingerprint density at radius 3 is 2.75 bits per heavy atom. The standard InChI is InChI=1S/C15H9BrN4/c16-12-7-13-15(18-9-12)20-14(19-13)6-5-10-1-3-11(8-17)4-2-10/h1-7,9H,(H,18,19,20)/b6-5+. The van der Waals surface area contributed by atoms with E-state index in [4.69, 9.17) is 5.26 Å². The van der Waals surface area contributed by atoms with Crippen molar-refractivity contribution in [3.8, 4) is 6.07 Å². The van der Waals surface area contributed by atoms with Crippen molar-refractivity contribution in [3.63, 3.8) is 0 Å². The van der Waals surface area contributed by atoms with Crippen LogP contribution in [-0.4, -0.2) is 15.0 Å². The monoisotopic (exact) mass is 324 g/mol. The number of nitriles is 1. The number of aromatic nitrogens is 3. The van der Waals surface area contributed by atoms with Gasteiger partial charge in [0.15, 0.2) is 5.65 Å². The highest BCUT2D eigenvalue weighted by atomic mass is 79.9. The molecule has 0 amide bonds. The van der Waals surface area contributed by atoms with Gasteiger partial charge in [0.1, 0.15) is 5.82 Å². The molecule has 2 aromatic heterocycles. The average Bonchev–Trinajstić information content (AvgIpc) is 2.87. The molecule has 96 valence electrons. The number of rotatable bonds is 2. The van der Waals surface area contributed by atoms with E-state index in [1.165, 1.54) is 0 Å². The quantitative estimate of drug-likeness (QED) is 0.780. The Hall–Kier alpha value is -2.45. The summed E-state index contributed by atoms with van der Waals surface area (Å²) in [5.74, 6) is 0.745. The van der Waals surface area contributed by atoms with Crippen LogP contribution in [0.2, 0.25) is 0 Å². The first-order valence-electron chi connectivity index (χ1n) is 5.94. The molecule has 3 rings (SSSR count). The van der Waals surface area contributed by atoms with Crippen LogP contribution in [0.4, 0.5) is 0 Å². The van der Waals surface area contributed by atoms with E-state index >= 15 is 0 Å². The Balaban J connectivity index is 1.88. The maximum atomic E-state index is 8.75. The summed E-state index contributed by atoms with van der Waals surface area (Å²) in [7, 11) is 0. The SMILES string of the molecule is N#Cc1ccc(/C=C/c2nc3ncc(Br)cc3[nH]2)cc1. The van der Waals surface area contributed by atoms with Gasteiger partial charge >= 0.3 is 0 Å². The largest absolute Gasteiger partial charge is 0.337 e. The molecule has 4 nitrogen and oxygen atoms in total. The van der Waals surface area contributed by atoms with Gasteiger partial charge in [0, 0.05) is 10.7 Å². The zero-order valence-electron chi connectivity index (χ0n) is 10.3. The lowest BCUT2D eigenvalue weighted by Gasteiger charge is -1.92. The second-order valence-electron chi connectivity index (χ2n) is 4.21. The molecule has 2 heterocycles. The molecule has 1 N–H and O–H groups in total. The predicted molar refractivity (Wildman–Crippen MR) is 81.7 cm³/mol. The number of benzene rings is 1. The highest BCUT2D eigenvalue weighted by Crippen LogP contribution is 2.16. The topological polar surface area (TPSA) is 65.4 Å². The number of hydrogen-bond acceptors (Lipinski definition) is 3. The van der Waals surface area contributed by atoms with E-state index in [9.17, 15) is 0 Å². The highest BCUT2D eigenvalue weighted by molar-refractivity contribution is 9.10. The minimum atomic E-state index is 0.653. The number of H-pyrrole nitrogens is 1. The van der Waals surface area contributed by atoms with Gasteiger partial charge in [0.05, 0.1) is 17.1 Å². The van der Waals surface area contributed by atoms with Crippen molar-refractivity contribution < 1.29 is 0 Å². The third kappa shape index (κ3) is 2.60. The van der Waals surface area contributed by atoms with Gasteiger partial charge in [-0.25, -0.2) is 9.97 Å². The molecular formula is C15H9BrN4. The van der Waals surface area contributed by atoms with Gasteiger partial charge in [-0.1, -0.05) is 18.2 Å². The third-order valence-corrected chi connectivity index (χ3v) is 3.23. The molecule has 0 fully saturated rings. The molecule has 20 heavy (non-hydrogen) atoms. The highest BCUT2D eigenvalue weighted by Gasteiger charge is 2.01. The predicted octanol–water partition coefficient (Wildman–Crippen LogP) is 3.76. The molecule has 0 saturated carbocycles. The van der Waals surface area contributed by atoms with E-state index in [-0.39, 0.29) is 0 Å². The van der Waals surface area contributed by atoms with Crippen molar-refractivity contribution >= 4 is 39.2 Å². The molecule has 0 aliphatic rings. The van der Waals surface area contributed by atoms with Crippen LogP contribution in [0.5, 0.6) is 0 Å². The van der Waals surface area contributed by atoms with E-state index < -0.39 is 0 Å². The number of nitrogens with zero attached hydrogens (tertiary/aromatic N) is 3. The van der Waals surface area contributed by atoms with Gasteiger partial charge in [-0.2, -0.15) is 5.26 Å². The lowest BCUT2D eigenvalue weighted by atomic mass is 10.1. The molecule has 3 aromatic rings. The maximum absolute atomic E-state index is 8.75. The van der Waals surface area contributed by atoms with Crippen molar-refractivity contribution in [1.29, 1.82) is 5.26 Å². The zero-order chi connectivity index (χ0) is 13.9. The molecule has 0 bridgehead atoms. The summed E-state index contributed by atoms with van der Waals surface area (Å²) in [5, 5.41) is 8.75. The van der Waals surface area contributed by atoms with Crippen LogP contribution in [0.3, 0.4) is 0 Å². The summed E-state index contributed by atoms with van der Waals surface area (Å²) < 4.78 is 0.913. The van der Waals surface area contributed by atoms with Crippen LogP contribution in [0.25, 0.3) is 23.3 Å². The lowest BCUT2D eigenvalue weighted by Crippen LogP contribution is -1.77. The van der Waals surface area contributed by atoms with E-state index in [1.807, 2.05) is 30.4 Å². The first-order valence-corrected chi connectivity index (χ1v) is 6.73. The second kappa shape index (κ2) is 5.27. The molecule has 0 spiro atoms. The number of aromatic amines is 1. The van der Waals surface area contributed by atoms with Crippen LogP contribution in [0.1, 0.15) is 17.0 Å². The maximum Gasteiger partial charge on any atom is 0.178 e. The molecule has 5 heteroatoms. The van der Waals surface area contributed by atoms with E-state index in [0.29, 0.717) is 11.2 Å². The fourth-order valence-electron chi connectivity index (χ4n) is 1.82. The van der Waals surface area contributed by atoms with E-state index in [2.05, 4.69) is 37.0 Å². The van der Waals surface area contributed by atoms with Crippen LogP contribution < -0.4 is 0 Å². The number of hydrogen-bond donors (Lipinski definition) is 1. The summed E-state index contributed by atoms with van der Waals surface area (Å²) in [6.07, 6.45) is 5.54. The smallest absolute Gasteiger partial charge is 0.178 e. The molecule has 0 atom stereocenters. The lowest BCUT2D eigenvalue weighted by molar-refractivity contribution is 1.27. The summed E-state index contributed by atoms with van der Waals surface area (Å²) in [6.45, 7) is 0. The summed E-state index contributed by atoms with van der Waals surface area (Å²) in [6, 6.07) is 11.4. The van der Waals surface area contributed by atoms with Crippen LogP contribution >= 0.6 is 15.9 Å². The molecular weight excluding hydrogens is 316 g/mol. The van der Waals surface area contributed by atoms with E-state index in [0.717, 1.165) is 21.4 Å². The van der Waals surface area contributed by atoms with Crippen LogP contribution in [0.15, 0.2) is 41.0 Å². The molecule has 0 saturated heterocycles. The number of fused-ring (bicyclic) bond motifs is 1. The Bertz CT molecular complexity index is 825. The first kappa shape index (κ1) is 12.6. The third-order valence-electron chi connectivity index (χ3n) is 2.80. The summed E-state index contributed by atoms with van der Waals surface area (Å²) in [4.78, 5) is 11.8. The molecule has 0 radical (unpaired) electrons. The van der Waals surface area contributed by atoms with Crippen molar-refractivity contribution in [3.05, 3.63) is 58.0 Å². The number of pyridine rings is 1. The van der Waals surface area contributed by atoms with Gasteiger partial charge in [-0.05, 0) is 45.8 Å². The Kier molecular flexibility index (Phi) is 3.32. The van der Waals surface area contributed by atoms with Crippen LogP contribution in [-0.2, 0) is 0 Å². The Morgan fingerprint density at radius 1 is 1.20 bits per heavy atom. The summed E-state index contributed by atoms with van der Waals surface area (Å²) in [5.41, 5.74) is 3.24. The molecule has 0 aliphatic carbocycles. The fraction of sp³-hybridized carbons (Fsp3) is 0. The fourth-order valence-corrected chi connectivity index (χ4v) is 2.15.